The standard InChI is InChI=1S/C11H10O3/c1-14-11(13)8-4-6-9-5-2-3-7-10(9)12/h2-3,5,7,12H,6H2,1H3. The number of phenols is 1. The van der Waals surface area contributed by atoms with Crippen molar-refractivity contribution in [2.24, 2.45) is 0 Å². The summed E-state index contributed by atoms with van der Waals surface area (Å²) in [7, 11) is 1.27. The van der Waals surface area contributed by atoms with Crippen molar-refractivity contribution < 1.29 is 14.6 Å². The van der Waals surface area contributed by atoms with Crippen LogP contribution >= 0.6 is 0 Å². The summed E-state index contributed by atoms with van der Waals surface area (Å²) >= 11 is 0. The van der Waals surface area contributed by atoms with Crippen molar-refractivity contribution in [2.45, 2.75) is 6.42 Å². The van der Waals surface area contributed by atoms with E-state index in [1.807, 2.05) is 0 Å². The number of hydrogen-bond acceptors (Lipinski definition) is 3. The number of benzene rings is 1. The molecule has 0 saturated carbocycles. The summed E-state index contributed by atoms with van der Waals surface area (Å²) in [5.41, 5.74) is 0.698. The minimum atomic E-state index is -0.569. The van der Waals surface area contributed by atoms with Gasteiger partial charge in [0.05, 0.1) is 7.11 Å². The third-order valence-electron chi connectivity index (χ3n) is 1.65. The van der Waals surface area contributed by atoms with Gasteiger partial charge in [-0.3, -0.25) is 0 Å². The number of aromatic hydroxyl groups is 1. The Balaban J connectivity index is 2.65. The quantitative estimate of drug-likeness (QED) is 0.410. The number of rotatable bonds is 1. The summed E-state index contributed by atoms with van der Waals surface area (Å²) in [4.78, 5) is 10.6. The lowest BCUT2D eigenvalue weighted by Crippen LogP contribution is -1.94. The van der Waals surface area contributed by atoms with Crippen LogP contribution in [0.5, 0.6) is 5.75 Å². The molecule has 3 heteroatoms. The zero-order valence-electron chi connectivity index (χ0n) is 7.78. The van der Waals surface area contributed by atoms with Gasteiger partial charge in [-0.15, -0.1) is 0 Å². The molecule has 0 bridgehead atoms. The van der Waals surface area contributed by atoms with Gasteiger partial charge in [-0.25, -0.2) is 4.79 Å². The van der Waals surface area contributed by atoms with Crippen molar-refractivity contribution in [3.63, 3.8) is 0 Å². The first-order valence-electron chi connectivity index (χ1n) is 4.07. The molecule has 0 aliphatic carbocycles. The molecule has 1 rings (SSSR count). The van der Waals surface area contributed by atoms with Crippen molar-refractivity contribution in [2.75, 3.05) is 7.11 Å². The number of carbonyl (C=O) groups is 1. The molecule has 72 valence electrons. The predicted molar refractivity (Wildman–Crippen MR) is 51.6 cm³/mol. The monoisotopic (exact) mass is 190 g/mol. The molecule has 0 amide bonds. The summed E-state index contributed by atoms with van der Waals surface area (Å²) in [5.74, 6) is 4.51. The van der Waals surface area contributed by atoms with E-state index in [0.29, 0.717) is 12.0 Å². The van der Waals surface area contributed by atoms with Crippen molar-refractivity contribution in [1.29, 1.82) is 0 Å². The highest BCUT2D eigenvalue weighted by atomic mass is 16.5. The molecule has 1 aromatic rings. The Morgan fingerprint density at radius 3 is 2.86 bits per heavy atom. The van der Waals surface area contributed by atoms with E-state index < -0.39 is 5.97 Å². The molecule has 0 radical (unpaired) electrons. The molecule has 1 N–H and O–H groups in total. The molecule has 0 atom stereocenters. The maximum Gasteiger partial charge on any atom is 0.384 e. The zero-order valence-corrected chi connectivity index (χ0v) is 7.78. The van der Waals surface area contributed by atoms with E-state index in [-0.39, 0.29) is 5.75 Å². The zero-order chi connectivity index (χ0) is 10.4. The number of esters is 1. The Morgan fingerprint density at radius 2 is 2.21 bits per heavy atom. The second kappa shape index (κ2) is 4.93. The minimum Gasteiger partial charge on any atom is -0.508 e. The van der Waals surface area contributed by atoms with Gasteiger partial charge >= 0.3 is 5.97 Å². The summed E-state index contributed by atoms with van der Waals surface area (Å²) in [6.07, 6.45) is 0.335. The number of carbonyl (C=O) groups excluding carboxylic acids is 1. The number of hydrogen-bond donors (Lipinski definition) is 1. The van der Waals surface area contributed by atoms with E-state index >= 15 is 0 Å². The van der Waals surface area contributed by atoms with Crippen LogP contribution in [0.2, 0.25) is 0 Å². The first-order chi connectivity index (χ1) is 6.74. The number of phenolic OH excluding ortho intramolecular Hbond substituents is 1. The van der Waals surface area contributed by atoms with Crippen LogP contribution in [-0.4, -0.2) is 18.2 Å². The summed E-state index contributed by atoms with van der Waals surface area (Å²) in [6.45, 7) is 0. The van der Waals surface area contributed by atoms with Crippen LogP contribution in [0.4, 0.5) is 0 Å². The number of para-hydroxylation sites is 1. The van der Waals surface area contributed by atoms with E-state index in [0.717, 1.165) is 0 Å². The van der Waals surface area contributed by atoms with Crippen LogP contribution in [-0.2, 0) is 16.0 Å². The molecule has 0 aliphatic heterocycles. The van der Waals surface area contributed by atoms with Crippen LogP contribution in [0.15, 0.2) is 24.3 Å². The fourth-order valence-electron chi connectivity index (χ4n) is 0.923. The van der Waals surface area contributed by atoms with Gasteiger partial charge in [0.1, 0.15) is 5.75 Å². The Kier molecular flexibility index (Phi) is 3.57. The van der Waals surface area contributed by atoms with Crippen molar-refractivity contribution in [1.82, 2.24) is 0 Å². The van der Waals surface area contributed by atoms with Gasteiger partial charge in [0, 0.05) is 17.9 Å². The molecule has 0 unspecified atom stereocenters. The molecule has 3 nitrogen and oxygen atoms in total. The van der Waals surface area contributed by atoms with E-state index in [2.05, 4.69) is 16.6 Å². The summed E-state index contributed by atoms with van der Waals surface area (Å²) in [5, 5.41) is 9.35. The van der Waals surface area contributed by atoms with E-state index in [4.69, 9.17) is 0 Å². The van der Waals surface area contributed by atoms with Gasteiger partial charge in [-0.1, -0.05) is 24.1 Å². The van der Waals surface area contributed by atoms with Gasteiger partial charge in [0.2, 0.25) is 0 Å². The fraction of sp³-hybridized carbons (Fsp3) is 0.182. The van der Waals surface area contributed by atoms with Gasteiger partial charge in [-0.2, -0.15) is 0 Å². The first kappa shape index (κ1) is 10.1. The lowest BCUT2D eigenvalue weighted by Gasteiger charge is -1.97. The summed E-state index contributed by atoms with van der Waals surface area (Å²) < 4.78 is 4.34. The van der Waals surface area contributed by atoms with Crippen molar-refractivity contribution >= 4 is 5.97 Å². The molecule has 0 fully saturated rings. The highest BCUT2D eigenvalue weighted by Gasteiger charge is 1.96. The van der Waals surface area contributed by atoms with Gasteiger partial charge in [0.15, 0.2) is 0 Å². The van der Waals surface area contributed by atoms with Gasteiger partial charge in [0.25, 0.3) is 0 Å². The smallest absolute Gasteiger partial charge is 0.384 e. The number of ether oxygens (including phenoxy) is 1. The van der Waals surface area contributed by atoms with Gasteiger partial charge in [-0.05, 0) is 6.07 Å². The molecule has 1 aromatic carbocycles. The van der Waals surface area contributed by atoms with Crippen molar-refractivity contribution in [3.05, 3.63) is 29.8 Å². The topological polar surface area (TPSA) is 46.5 Å². The highest BCUT2D eigenvalue weighted by Crippen LogP contribution is 2.15. The van der Waals surface area contributed by atoms with E-state index in [9.17, 15) is 9.90 Å². The first-order valence-corrected chi connectivity index (χ1v) is 4.07. The van der Waals surface area contributed by atoms with E-state index in [1.54, 1.807) is 24.3 Å². The lowest BCUT2D eigenvalue weighted by molar-refractivity contribution is -0.133. The normalized spacial score (nSPS) is 8.64. The Hall–Kier alpha value is -1.95. The number of methoxy groups -OCH3 is 1. The molecule has 0 spiro atoms. The highest BCUT2D eigenvalue weighted by molar-refractivity contribution is 5.88. The lowest BCUT2D eigenvalue weighted by atomic mass is 10.1. The maximum atomic E-state index is 10.6. The average Bonchev–Trinajstić information content (AvgIpc) is 2.20. The average molecular weight is 190 g/mol. The minimum absolute atomic E-state index is 0.187. The van der Waals surface area contributed by atoms with Crippen LogP contribution < -0.4 is 0 Å². The predicted octanol–water partition coefficient (Wildman–Crippen LogP) is 1.11. The Labute approximate surface area is 82.3 Å². The maximum absolute atomic E-state index is 10.6. The van der Waals surface area contributed by atoms with Crippen molar-refractivity contribution in [3.8, 4) is 17.6 Å². The Bertz CT molecular complexity index is 385. The van der Waals surface area contributed by atoms with Crippen LogP contribution in [0.25, 0.3) is 0 Å². The summed E-state index contributed by atoms with van der Waals surface area (Å²) in [6, 6.07) is 6.86. The molecule has 0 saturated heterocycles. The molecule has 0 aliphatic rings. The van der Waals surface area contributed by atoms with Gasteiger partial charge < -0.3 is 9.84 Å². The third kappa shape index (κ3) is 2.83. The Morgan fingerprint density at radius 1 is 1.50 bits per heavy atom. The fourth-order valence-corrected chi connectivity index (χ4v) is 0.923. The molecular weight excluding hydrogens is 180 g/mol. The largest absolute Gasteiger partial charge is 0.508 e. The molecule has 0 heterocycles. The van der Waals surface area contributed by atoms with Crippen LogP contribution in [0.1, 0.15) is 5.56 Å². The second-order valence-corrected chi connectivity index (χ2v) is 2.60. The van der Waals surface area contributed by atoms with Crippen LogP contribution in [0, 0.1) is 11.8 Å². The molecular formula is C11H10O3. The molecule has 14 heavy (non-hydrogen) atoms. The van der Waals surface area contributed by atoms with Crippen LogP contribution in [0.3, 0.4) is 0 Å². The molecule has 0 aromatic heterocycles. The SMILES string of the molecule is COC(=O)C#CCc1ccccc1O. The third-order valence-corrected chi connectivity index (χ3v) is 1.65. The van der Waals surface area contributed by atoms with E-state index in [1.165, 1.54) is 7.11 Å². The second-order valence-electron chi connectivity index (χ2n) is 2.60.